The van der Waals surface area contributed by atoms with E-state index in [0.717, 1.165) is 44.2 Å². The van der Waals surface area contributed by atoms with Gasteiger partial charge in [-0.25, -0.2) is 0 Å². The van der Waals surface area contributed by atoms with Gasteiger partial charge in [0.1, 0.15) is 5.75 Å². The molecule has 0 aromatic heterocycles. The number of ether oxygens (including phenoxy) is 1. The van der Waals surface area contributed by atoms with Crippen LogP contribution in [0.15, 0.2) is 78.9 Å². The summed E-state index contributed by atoms with van der Waals surface area (Å²) >= 11 is 0. The fraction of sp³-hybridized carbons (Fsp3) is 0.387. The molecule has 2 fully saturated rings. The molecule has 1 aliphatic carbocycles. The Hall–Kier alpha value is -3.31. The van der Waals surface area contributed by atoms with E-state index in [2.05, 4.69) is 69.7 Å². The maximum absolute atomic E-state index is 12.4. The molecule has 188 valence electrons. The van der Waals surface area contributed by atoms with Crippen LogP contribution in [-0.2, 0) is 11.3 Å². The van der Waals surface area contributed by atoms with Crippen molar-refractivity contribution in [2.24, 2.45) is 0 Å². The molecule has 36 heavy (non-hydrogen) atoms. The number of hydrogen-bond acceptors (Lipinski definition) is 4. The summed E-state index contributed by atoms with van der Waals surface area (Å²) in [6.07, 6.45) is 6.59. The van der Waals surface area contributed by atoms with Crippen molar-refractivity contribution in [1.82, 2.24) is 4.90 Å². The number of carbonyl (C=O) groups excluding carboxylic acids is 1. The summed E-state index contributed by atoms with van der Waals surface area (Å²) < 4.78 is 5.73. The Bertz CT molecular complexity index is 1080. The zero-order valence-electron chi connectivity index (χ0n) is 21.1. The highest BCUT2D eigenvalue weighted by atomic mass is 16.5. The summed E-state index contributed by atoms with van der Waals surface area (Å²) in [5.74, 6) is 1.28. The first-order valence-electron chi connectivity index (χ1n) is 13.4. The van der Waals surface area contributed by atoms with Crippen LogP contribution in [0, 0.1) is 0 Å². The van der Waals surface area contributed by atoms with E-state index in [9.17, 15) is 4.79 Å². The van der Waals surface area contributed by atoms with Crippen LogP contribution in [0.3, 0.4) is 0 Å². The van der Waals surface area contributed by atoms with Gasteiger partial charge in [-0.3, -0.25) is 9.69 Å². The second-order valence-electron chi connectivity index (χ2n) is 10.0. The predicted octanol–water partition coefficient (Wildman–Crippen LogP) is 6.07. The third-order valence-corrected chi connectivity index (χ3v) is 7.46. The van der Waals surface area contributed by atoms with Gasteiger partial charge in [0.25, 0.3) is 5.91 Å². The minimum atomic E-state index is -0.145. The topological polar surface area (TPSA) is 44.8 Å². The van der Waals surface area contributed by atoms with Gasteiger partial charge in [-0.1, -0.05) is 61.7 Å². The van der Waals surface area contributed by atoms with Gasteiger partial charge in [-0.05, 0) is 66.3 Å². The monoisotopic (exact) mass is 483 g/mol. The smallest absolute Gasteiger partial charge is 0.262 e. The van der Waals surface area contributed by atoms with E-state index in [1.807, 2.05) is 24.3 Å². The molecule has 5 nitrogen and oxygen atoms in total. The van der Waals surface area contributed by atoms with Crippen LogP contribution >= 0.6 is 0 Å². The molecular weight excluding hydrogens is 446 g/mol. The molecule has 5 rings (SSSR count). The molecule has 1 amide bonds. The number of nitrogens with zero attached hydrogens (tertiary/aromatic N) is 2. The van der Waals surface area contributed by atoms with Crippen molar-refractivity contribution in [3.8, 4) is 5.75 Å². The average molecular weight is 484 g/mol. The van der Waals surface area contributed by atoms with Crippen molar-refractivity contribution in [3.05, 3.63) is 90.0 Å². The first-order chi connectivity index (χ1) is 17.7. The summed E-state index contributed by atoms with van der Waals surface area (Å²) in [4.78, 5) is 17.3. The highest BCUT2D eigenvalue weighted by molar-refractivity contribution is 5.92. The number of piperazine rings is 1. The lowest BCUT2D eigenvalue weighted by atomic mass is 9.84. The quantitative estimate of drug-likeness (QED) is 0.422. The second kappa shape index (κ2) is 12.1. The Kier molecular flexibility index (Phi) is 8.19. The molecule has 0 unspecified atom stereocenters. The van der Waals surface area contributed by atoms with Gasteiger partial charge in [0, 0.05) is 44.1 Å². The molecule has 0 bridgehead atoms. The summed E-state index contributed by atoms with van der Waals surface area (Å²) in [5.41, 5.74) is 4.75. The van der Waals surface area contributed by atoms with Gasteiger partial charge in [0.2, 0.25) is 0 Å². The summed E-state index contributed by atoms with van der Waals surface area (Å²) in [6, 6.07) is 27.1. The van der Waals surface area contributed by atoms with Crippen LogP contribution in [0.25, 0.3) is 0 Å². The summed E-state index contributed by atoms with van der Waals surface area (Å²) in [6.45, 7) is 5.12. The number of amides is 1. The van der Waals surface area contributed by atoms with Gasteiger partial charge < -0.3 is 15.0 Å². The minimum absolute atomic E-state index is 0.00784. The molecule has 3 aromatic carbocycles. The lowest BCUT2D eigenvalue weighted by molar-refractivity contribution is -0.118. The van der Waals surface area contributed by atoms with E-state index in [0.29, 0.717) is 5.92 Å². The second-order valence-corrected chi connectivity index (χ2v) is 10.0. The van der Waals surface area contributed by atoms with Crippen LogP contribution in [0.1, 0.15) is 49.1 Å². The van der Waals surface area contributed by atoms with Gasteiger partial charge >= 0.3 is 0 Å². The van der Waals surface area contributed by atoms with E-state index in [-0.39, 0.29) is 12.5 Å². The third kappa shape index (κ3) is 6.67. The molecular formula is C31H37N3O2. The van der Waals surface area contributed by atoms with Crippen LogP contribution in [0.5, 0.6) is 5.75 Å². The zero-order chi connectivity index (χ0) is 24.6. The highest BCUT2D eigenvalue weighted by Crippen LogP contribution is 2.33. The Morgan fingerprint density at radius 3 is 2.19 bits per heavy atom. The molecule has 1 aliphatic heterocycles. The molecule has 1 heterocycles. The number of nitrogens with one attached hydrogen (secondary N) is 1. The van der Waals surface area contributed by atoms with E-state index in [1.54, 1.807) is 0 Å². The molecule has 3 aromatic rings. The summed E-state index contributed by atoms with van der Waals surface area (Å²) in [5, 5.41) is 2.95. The first-order valence-corrected chi connectivity index (χ1v) is 13.4. The Morgan fingerprint density at radius 1 is 0.806 bits per heavy atom. The Labute approximate surface area is 215 Å². The van der Waals surface area contributed by atoms with Gasteiger partial charge in [-0.15, -0.1) is 0 Å². The highest BCUT2D eigenvalue weighted by Gasteiger charge is 2.18. The van der Waals surface area contributed by atoms with Crippen molar-refractivity contribution >= 4 is 17.3 Å². The fourth-order valence-corrected chi connectivity index (χ4v) is 5.38. The van der Waals surface area contributed by atoms with Crippen molar-refractivity contribution < 1.29 is 9.53 Å². The van der Waals surface area contributed by atoms with Crippen molar-refractivity contribution in [1.29, 1.82) is 0 Å². The lowest BCUT2D eigenvalue weighted by Gasteiger charge is -2.36. The first kappa shape index (κ1) is 24.4. The van der Waals surface area contributed by atoms with Crippen LogP contribution in [-0.4, -0.2) is 43.6 Å². The number of hydrogen-bond donors (Lipinski definition) is 1. The van der Waals surface area contributed by atoms with Gasteiger partial charge in [0.15, 0.2) is 6.61 Å². The normalized spacial score (nSPS) is 17.1. The Balaban J connectivity index is 1.05. The molecule has 5 heteroatoms. The number of anilines is 2. The maximum Gasteiger partial charge on any atom is 0.262 e. The largest absolute Gasteiger partial charge is 0.484 e. The molecule has 1 N–H and O–H groups in total. The van der Waals surface area contributed by atoms with Crippen molar-refractivity contribution in [2.75, 3.05) is 43.0 Å². The van der Waals surface area contributed by atoms with Crippen molar-refractivity contribution in [3.63, 3.8) is 0 Å². The van der Waals surface area contributed by atoms with Crippen LogP contribution in [0.4, 0.5) is 11.4 Å². The lowest BCUT2D eigenvalue weighted by Crippen LogP contribution is -2.45. The molecule has 0 spiro atoms. The molecule has 0 radical (unpaired) electrons. The van der Waals surface area contributed by atoms with Crippen LogP contribution < -0.4 is 15.0 Å². The predicted molar refractivity (Wildman–Crippen MR) is 147 cm³/mol. The van der Waals surface area contributed by atoms with Gasteiger partial charge in [0.05, 0.1) is 0 Å². The van der Waals surface area contributed by atoms with Crippen LogP contribution in [0.2, 0.25) is 0 Å². The van der Waals surface area contributed by atoms with E-state index >= 15 is 0 Å². The number of carbonyl (C=O) groups is 1. The van der Waals surface area contributed by atoms with E-state index in [4.69, 9.17) is 4.74 Å². The van der Waals surface area contributed by atoms with E-state index < -0.39 is 0 Å². The van der Waals surface area contributed by atoms with Crippen molar-refractivity contribution in [2.45, 2.75) is 44.6 Å². The number of benzene rings is 3. The average Bonchev–Trinajstić information content (AvgIpc) is 2.94. The summed E-state index contributed by atoms with van der Waals surface area (Å²) in [7, 11) is 0. The van der Waals surface area contributed by atoms with Gasteiger partial charge in [-0.2, -0.15) is 0 Å². The molecule has 2 aliphatic rings. The maximum atomic E-state index is 12.4. The fourth-order valence-electron chi connectivity index (χ4n) is 5.38. The zero-order valence-corrected chi connectivity index (χ0v) is 21.1. The molecule has 1 saturated heterocycles. The minimum Gasteiger partial charge on any atom is -0.484 e. The standard InChI is InChI=1S/C31H37N3O2/c35-31(24-36-30-17-11-27(12-18-30)26-9-5-2-6-10-26)32-28-13-15-29(16-14-28)34-21-19-33(20-22-34)23-25-7-3-1-4-8-25/h1,3-4,7-8,11-18,26H,2,5-6,9-10,19-24H2,(H,32,35). The SMILES string of the molecule is O=C(COc1ccc(C2CCCCC2)cc1)Nc1ccc(N2CCN(Cc3ccccc3)CC2)cc1. The van der Waals surface area contributed by atoms with E-state index in [1.165, 1.54) is 48.9 Å². The molecule has 0 atom stereocenters. The number of rotatable bonds is 8. The molecule has 1 saturated carbocycles. The Morgan fingerprint density at radius 2 is 1.50 bits per heavy atom. The third-order valence-electron chi connectivity index (χ3n) is 7.46.